The van der Waals surface area contributed by atoms with Crippen LogP contribution in [0.15, 0.2) is 34.4 Å². The number of ether oxygens (including phenoxy) is 1. The maximum absolute atomic E-state index is 13.2. The van der Waals surface area contributed by atoms with E-state index in [1.165, 1.54) is 5.69 Å². The molecule has 9 heteroatoms. The molecule has 3 aromatic heterocycles. The lowest BCUT2D eigenvalue weighted by Gasteiger charge is -2.34. The minimum Gasteiger partial charge on any atom is -0.383 e. The second-order valence-electron chi connectivity index (χ2n) is 9.38. The summed E-state index contributed by atoms with van der Waals surface area (Å²) >= 11 is 1.64. The number of hydrogen-bond donors (Lipinski definition) is 3. The number of rotatable bonds is 5. The Bertz CT molecular complexity index is 1360. The second-order valence-corrected chi connectivity index (χ2v) is 10.3. The molecule has 2 aliphatic rings. The average Bonchev–Trinajstić information content (AvgIpc) is 3.49. The van der Waals surface area contributed by atoms with Crippen molar-refractivity contribution in [3.63, 3.8) is 0 Å². The lowest BCUT2D eigenvalue weighted by atomic mass is 10.00. The molecule has 0 unspecified atom stereocenters. The molecule has 3 N–H and O–H groups in total. The lowest BCUT2D eigenvalue weighted by molar-refractivity contribution is 0.0699. The van der Waals surface area contributed by atoms with Crippen LogP contribution >= 0.6 is 11.3 Å². The summed E-state index contributed by atoms with van der Waals surface area (Å²) < 4.78 is 6.57. The number of hydrogen-bond acceptors (Lipinski definition) is 7. The molecule has 6 rings (SSSR count). The zero-order chi connectivity index (χ0) is 23.1. The van der Waals surface area contributed by atoms with Crippen LogP contribution in [-0.2, 0) is 4.74 Å². The van der Waals surface area contributed by atoms with Gasteiger partial charge in [-0.05, 0) is 55.5 Å². The van der Waals surface area contributed by atoms with Crippen molar-refractivity contribution in [2.45, 2.75) is 12.8 Å². The van der Waals surface area contributed by atoms with Crippen LogP contribution in [0.5, 0.6) is 0 Å². The fraction of sp³-hybridized carbons (Fsp3) is 0.440. The standard InChI is InChI=1S/C25H30N6O2S/c1-30-7-9-31(10-8-30)17-2-3-18-20(14-17)28-24(27-18)21-22(26-15-16-4-11-33-12-5-16)23-19(6-13-34-23)29-25(21)32/h2-3,6,13-14,16H,4-5,7-12,15H2,1H3,(H,27,28)(H2,26,29,32). The maximum Gasteiger partial charge on any atom is 0.261 e. The number of aromatic amines is 2. The molecule has 1 aromatic carbocycles. The fourth-order valence-corrected chi connectivity index (χ4v) is 5.86. The van der Waals surface area contributed by atoms with Crippen LogP contribution in [0.4, 0.5) is 11.4 Å². The van der Waals surface area contributed by atoms with Gasteiger partial charge in [0.15, 0.2) is 0 Å². The van der Waals surface area contributed by atoms with E-state index >= 15 is 0 Å². The molecule has 0 radical (unpaired) electrons. The SMILES string of the molecule is CN1CCN(c2ccc3nc(-c4c(NCC5CCOCC5)c5sccc5[nH]c4=O)[nH]c3c2)CC1. The zero-order valence-electron chi connectivity index (χ0n) is 19.4. The molecule has 5 heterocycles. The molecule has 2 saturated heterocycles. The van der Waals surface area contributed by atoms with Gasteiger partial charge >= 0.3 is 0 Å². The van der Waals surface area contributed by atoms with E-state index in [9.17, 15) is 4.79 Å². The van der Waals surface area contributed by atoms with Crippen molar-refractivity contribution in [3.05, 3.63) is 40.0 Å². The number of benzene rings is 1. The third-order valence-electron chi connectivity index (χ3n) is 7.10. The van der Waals surface area contributed by atoms with Gasteiger partial charge in [0.25, 0.3) is 5.56 Å². The normalized spacial score (nSPS) is 18.2. The molecule has 4 aromatic rings. The molecule has 2 aliphatic heterocycles. The summed E-state index contributed by atoms with van der Waals surface area (Å²) in [6.07, 6.45) is 2.08. The fourth-order valence-electron chi connectivity index (χ4n) is 4.98. The van der Waals surface area contributed by atoms with Crippen molar-refractivity contribution in [2.24, 2.45) is 5.92 Å². The Hall–Kier alpha value is -2.88. The highest BCUT2D eigenvalue weighted by atomic mass is 32.1. The molecular weight excluding hydrogens is 448 g/mol. The van der Waals surface area contributed by atoms with E-state index in [2.05, 4.69) is 50.3 Å². The van der Waals surface area contributed by atoms with Crippen molar-refractivity contribution in [3.8, 4) is 11.4 Å². The van der Waals surface area contributed by atoms with Gasteiger partial charge < -0.3 is 29.8 Å². The number of piperazine rings is 1. The molecule has 34 heavy (non-hydrogen) atoms. The minimum absolute atomic E-state index is 0.126. The Morgan fingerprint density at radius 1 is 1.12 bits per heavy atom. The number of pyridine rings is 1. The predicted octanol–water partition coefficient (Wildman–Crippen LogP) is 3.72. The quantitative estimate of drug-likeness (QED) is 0.405. The molecule has 0 amide bonds. The zero-order valence-corrected chi connectivity index (χ0v) is 20.2. The Morgan fingerprint density at radius 3 is 2.76 bits per heavy atom. The molecule has 178 valence electrons. The van der Waals surface area contributed by atoms with Crippen LogP contribution in [0, 0.1) is 5.92 Å². The average molecular weight is 479 g/mol. The molecule has 0 spiro atoms. The van der Waals surface area contributed by atoms with E-state index in [1.807, 2.05) is 11.4 Å². The Balaban J connectivity index is 1.37. The first-order valence-electron chi connectivity index (χ1n) is 12.0. The number of nitrogens with one attached hydrogen (secondary N) is 3. The summed E-state index contributed by atoms with van der Waals surface area (Å²) in [7, 11) is 2.16. The number of aromatic nitrogens is 3. The van der Waals surface area contributed by atoms with Crippen molar-refractivity contribution >= 4 is 44.0 Å². The van der Waals surface area contributed by atoms with E-state index in [0.29, 0.717) is 17.3 Å². The van der Waals surface area contributed by atoms with Gasteiger partial charge in [-0.2, -0.15) is 0 Å². The van der Waals surface area contributed by atoms with Crippen molar-refractivity contribution in [1.82, 2.24) is 19.9 Å². The van der Waals surface area contributed by atoms with Gasteiger partial charge in [-0.25, -0.2) is 4.98 Å². The lowest BCUT2D eigenvalue weighted by Crippen LogP contribution is -2.44. The van der Waals surface area contributed by atoms with Crippen LogP contribution in [-0.4, -0.2) is 72.8 Å². The monoisotopic (exact) mass is 478 g/mol. The molecule has 2 fully saturated rings. The summed E-state index contributed by atoms with van der Waals surface area (Å²) in [4.78, 5) is 29.3. The van der Waals surface area contributed by atoms with Crippen LogP contribution in [0.3, 0.4) is 0 Å². The highest BCUT2D eigenvalue weighted by Gasteiger charge is 2.21. The van der Waals surface area contributed by atoms with Gasteiger partial charge in [-0.3, -0.25) is 4.79 Å². The summed E-state index contributed by atoms with van der Waals surface area (Å²) in [5, 5.41) is 5.64. The highest BCUT2D eigenvalue weighted by Crippen LogP contribution is 2.35. The van der Waals surface area contributed by atoms with Crippen molar-refractivity contribution in [1.29, 1.82) is 0 Å². The third-order valence-corrected chi connectivity index (χ3v) is 8.03. The number of H-pyrrole nitrogens is 2. The number of nitrogens with zero attached hydrogens (tertiary/aromatic N) is 3. The Labute approximate surface area is 201 Å². The number of thiophene rings is 1. The van der Waals surface area contributed by atoms with Gasteiger partial charge in [-0.15, -0.1) is 11.3 Å². The van der Waals surface area contributed by atoms with Crippen molar-refractivity contribution < 1.29 is 4.74 Å². The summed E-state index contributed by atoms with van der Waals surface area (Å²) in [5.74, 6) is 1.15. The van der Waals surface area contributed by atoms with Crippen LogP contribution < -0.4 is 15.8 Å². The number of likely N-dealkylation sites (N-methyl/N-ethyl adjacent to an activating group) is 1. The van der Waals surface area contributed by atoms with Gasteiger partial charge in [0.1, 0.15) is 11.4 Å². The maximum atomic E-state index is 13.2. The van der Waals surface area contributed by atoms with E-state index in [-0.39, 0.29) is 5.56 Å². The van der Waals surface area contributed by atoms with Gasteiger partial charge in [-0.1, -0.05) is 0 Å². The predicted molar refractivity (Wildman–Crippen MR) is 139 cm³/mol. The topological polar surface area (TPSA) is 89.3 Å². The van der Waals surface area contributed by atoms with E-state index in [1.54, 1.807) is 11.3 Å². The molecule has 0 atom stereocenters. The van der Waals surface area contributed by atoms with E-state index in [4.69, 9.17) is 9.72 Å². The van der Waals surface area contributed by atoms with Gasteiger partial charge in [0, 0.05) is 51.6 Å². The molecule has 0 bridgehead atoms. The molecule has 0 aliphatic carbocycles. The summed E-state index contributed by atoms with van der Waals surface area (Å²) in [5.41, 5.74) is 5.20. The summed E-state index contributed by atoms with van der Waals surface area (Å²) in [6.45, 7) is 6.58. The van der Waals surface area contributed by atoms with E-state index in [0.717, 1.165) is 85.7 Å². The smallest absolute Gasteiger partial charge is 0.261 e. The van der Waals surface area contributed by atoms with Crippen LogP contribution in [0.25, 0.3) is 32.6 Å². The van der Waals surface area contributed by atoms with Crippen LogP contribution in [0.2, 0.25) is 0 Å². The number of fused-ring (bicyclic) bond motifs is 2. The largest absolute Gasteiger partial charge is 0.383 e. The second kappa shape index (κ2) is 9.05. The van der Waals surface area contributed by atoms with Gasteiger partial charge in [0.05, 0.1) is 26.9 Å². The van der Waals surface area contributed by atoms with E-state index < -0.39 is 0 Å². The number of imidazole rings is 1. The first-order chi connectivity index (χ1) is 16.7. The van der Waals surface area contributed by atoms with Crippen LogP contribution in [0.1, 0.15) is 12.8 Å². The van der Waals surface area contributed by atoms with Gasteiger partial charge in [0.2, 0.25) is 0 Å². The number of anilines is 2. The van der Waals surface area contributed by atoms with Crippen molar-refractivity contribution in [2.75, 3.05) is 63.2 Å². The Morgan fingerprint density at radius 2 is 1.94 bits per heavy atom. The molecule has 0 saturated carbocycles. The summed E-state index contributed by atoms with van der Waals surface area (Å²) in [6, 6.07) is 8.31. The third kappa shape index (κ3) is 4.08. The highest BCUT2D eigenvalue weighted by molar-refractivity contribution is 7.17. The first kappa shape index (κ1) is 21.6. The Kier molecular flexibility index (Phi) is 5.76. The minimum atomic E-state index is -0.126. The molecular formula is C25H30N6O2S. The first-order valence-corrected chi connectivity index (χ1v) is 12.9. The molecule has 8 nitrogen and oxygen atoms in total.